The number of aromatic nitrogens is 1. The van der Waals surface area contributed by atoms with Crippen molar-refractivity contribution in [1.82, 2.24) is 14.8 Å². The molecule has 2 heterocycles. The number of β-amino-alcohol motifs (C(OH)–C–C–N with tert-alkyl or cyclic N) is 1. The Hall–Kier alpha value is -2.41. The van der Waals surface area contributed by atoms with Crippen molar-refractivity contribution in [1.29, 1.82) is 0 Å². The average molecular weight is 303 g/mol. The molecule has 0 saturated carbocycles. The summed E-state index contributed by atoms with van der Waals surface area (Å²) in [5, 5.41) is 9.98. The maximum Gasteiger partial charge on any atom is 0.309 e. The molecule has 0 unspecified atom stereocenters. The van der Waals surface area contributed by atoms with Crippen molar-refractivity contribution in [2.75, 3.05) is 26.2 Å². The van der Waals surface area contributed by atoms with E-state index in [0.29, 0.717) is 24.2 Å². The van der Waals surface area contributed by atoms with E-state index in [2.05, 4.69) is 4.98 Å². The standard InChI is InChI=1S/C15H17N3O4/c1-10(19)17-6-7-18(9-11(20)8-17)15(21)14-16-12-4-2-3-5-13(12)22-14/h2-5,11,20H,6-9H2,1H3/t11-/m1/s1. The molecule has 1 atom stereocenters. The quantitative estimate of drug-likeness (QED) is 0.828. The van der Waals surface area contributed by atoms with E-state index >= 15 is 0 Å². The summed E-state index contributed by atoms with van der Waals surface area (Å²) in [6.07, 6.45) is -0.778. The number of rotatable bonds is 1. The van der Waals surface area contributed by atoms with Gasteiger partial charge in [0.2, 0.25) is 5.91 Å². The summed E-state index contributed by atoms with van der Waals surface area (Å²) in [7, 11) is 0. The Kier molecular flexibility index (Phi) is 3.81. The monoisotopic (exact) mass is 303 g/mol. The van der Waals surface area contributed by atoms with Crippen LogP contribution in [0.25, 0.3) is 11.1 Å². The van der Waals surface area contributed by atoms with Gasteiger partial charge in [0.15, 0.2) is 5.58 Å². The third-order valence-electron chi connectivity index (χ3n) is 3.71. The zero-order valence-corrected chi connectivity index (χ0v) is 12.2. The van der Waals surface area contributed by atoms with E-state index in [0.717, 1.165) is 0 Å². The van der Waals surface area contributed by atoms with E-state index in [1.165, 1.54) is 16.7 Å². The normalized spacial score (nSPS) is 19.3. The summed E-state index contributed by atoms with van der Waals surface area (Å²) in [5.74, 6) is -0.486. The van der Waals surface area contributed by atoms with Crippen LogP contribution in [-0.4, -0.2) is 64.0 Å². The second-order valence-corrected chi connectivity index (χ2v) is 5.36. The highest BCUT2D eigenvalue weighted by atomic mass is 16.4. The van der Waals surface area contributed by atoms with Gasteiger partial charge >= 0.3 is 5.91 Å². The first-order chi connectivity index (χ1) is 10.5. The van der Waals surface area contributed by atoms with Gasteiger partial charge in [-0.1, -0.05) is 12.1 Å². The van der Waals surface area contributed by atoms with Crippen LogP contribution in [0, 0.1) is 0 Å². The Bertz CT molecular complexity index is 679. The number of carbonyl (C=O) groups is 2. The number of carbonyl (C=O) groups excluding carboxylic acids is 2. The van der Waals surface area contributed by atoms with Crippen LogP contribution in [-0.2, 0) is 4.79 Å². The Morgan fingerprint density at radius 1 is 1.23 bits per heavy atom. The van der Waals surface area contributed by atoms with Crippen molar-refractivity contribution in [3.63, 3.8) is 0 Å². The number of hydrogen-bond donors (Lipinski definition) is 1. The molecule has 1 aromatic heterocycles. The minimum Gasteiger partial charge on any atom is -0.432 e. The van der Waals surface area contributed by atoms with Gasteiger partial charge in [0, 0.05) is 33.1 Å². The lowest BCUT2D eigenvalue weighted by molar-refractivity contribution is -0.129. The Labute approximate surface area is 127 Å². The molecule has 1 N–H and O–H groups in total. The molecule has 1 saturated heterocycles. The van der Waals surface area contributed by atoms with E-state index in [-0.39, 0.29) is 30.8 Å². The molecular formula is C15H17N3O4. The number of nitrogens with zero attached hydrogens (tertiary/aromatic N) is 3. The van der Waals surface area contributed by atoms with Gasteiger partial charge in [-0.15, -0.1) is 0 Å². The van der Waals surface area contributed by atoms with Crippen LogP contribution in [0.15, 0.2) is 28.7 Å². The number of benzene rings is 1. The first kappa shape index (κ1) is 14.5. The molecule has 7 heteroatoms. The van der Waals surface area contributed by atoms with Crippen LogP contribution in [0.2, 0.25) is 0 Å². The van der Waals surface area contributed by atoms with Gasteiger partial charge in [-0.05, 0) is 12.1 Å². The van der Waals surface area contributed by atoms with E-state index in [1.807, 2.05) is 12.1 Å². The van der Waals surface area contributed by atoms with Crippen molar-refractivity contribution in [3.8, 4) is 0 Å². The summed E-state index contributed by atoms with van der Waals surface area (Å²) >= 11 is 0. The largest absolute Gasteiger partial charge is 0.432 e. The average Bonchev–Trinajstić information content (AvgIpc) is 2.82. The summed E-state index contributed by atoms with van der Waals surface area (Å²) in [5.41, 5.74) is 1.16. The number of hydrogen-bond acceptors (Lipinski definition) is 5. The van der Waals surface area contributed by atoms with E-state index in [4.69, 9.17) is 4.42 Å². The number of aliphatic hydroxyl groups is 1. The molecule has 0 radical (unpaired) electrons. The molecular weight excluding hydrogens is 286 g/mol. The molecule has 0 aliphatic carbocycles. The molecule has 1 aliphatic heterocycles. The maximum atomic E-state index is 12.5. The lowest BCUT2D eigenvalue weighted by atomic mass is 10.3. The van der Waals surface area contributed by atoms with Gasteiger partial charge in [0.1, 0.15) is 5.52 Å². The molecule has 2 aromatic rings. The molecule has 3 rings (SSSR count). The number of aliphatic hydroxyl groups excluding tert-OH is 1. The SMILES string of the molecule is CC(=O)N1CCN(C(=O)c2nc3ccccc3o2)C[C@H](O)C1. The molecule has 116 valence electrons. The zero-order valence-electron chi connectivity index (χ0n) is 12.2. The van der Waals surface area contributed by atoms with Crippen LogP contribution in [0.4, 0.5) is 0 Å². The topological polar surface area (TPSA) is 86.9 Å². The fraction of sp³-hybridized carbons (Fsp3) is 0.400. The minimum absolute atomic E-state index is 0.00433. The number of fused-ring (bicyclic) bond motifs is 1. The zero-order chi connectivity index (χ0) is 15.7. The second-order valence-electron chi connectivity index (χ2n) is 5.36. The van der Waals surface area contributed by atoms with Gasteiger partial charge in [-0.25, -0.2) is 4.98 Å². The van der Waals surface area contributed by atoms with Crippen molar-refractivity contribution < 1.29 is 19.1 Å². The Morgan fingerprint density at radius 2 is 1.91 bits per heavy atom. The van der Waals surface area contributed by atoms with Gasteiger partial charge < -0.3 is 19.3 Å². The highest BCUT2D eigenvalue weighted by Gasteiger charge is 2.28. The summed E-state index contributed by atoms with van der Waals surface area (Å²) in [6, 6.07) is 7.14. The van der Waals surface area contributed by atoms with Crippen LogP contribution >= 0.6 is 0 Å². The third kappa shape index (κ3) is 2.80. The van der Waals surface area contributed by atoms with Gasteiger partial charge in [-0.2, -0.15) is 0 Å². The third-order valence-corrected chi connectivity index (χ3v) is 3.71. The summed E-state index contributed by atoms with van der Waals surface area (Å²) in [6.45, 7) is 2.56. The second kappa shape index (κ2) is 5.76. The molecule has 7 nitrogen and oxygen atoms in total. The highest BCUT2D eigenvalue weighted by molar-refractivity contribution is 5.92. The van der Waals surface area contributed by atoms with Gasteiger partial charge in [0.05, 0.1) is 6.10 Å². The molecule has 2 amide bonds. The summed E-state index contributed by atoms with van der Waals surface area (Å²) in [4.78, 5) is 31.1. The highest BCUT2D eigenvalue weighted by Crippen LogP contribution is 2.17. The number of oxazole rings is 1. The lowest BCUT2D eigenvalue weighted by Crippen LogP contribution is -2.37. The predicted octanol–water partition coefficient (Wildman–Crippen LogP) is 0.493. The van der Waals surface area contributed by atoms with Crippen molar-refractivity contribution in [2.45, 2.75) is 13.0 Å². The minimum atomic E-state index is -0.778. The summed E-state index contributed by atoms with van der Waals surface area (Å²) < 4.78 is 5.47. The predicted molar refractivity (Wildman–Crippen MR) is 78.2 cm³/mol. The van der Waals surface area contributed by atoms with Crippen molar-refractivity contribution in [3.05, 3.63) is 30.2 Å². The van der Waals surface area contributed by atoms with Crippen LogP contribution in [0.5, 0.6) is 0 Å². The maximum absolute atomic E-state index is 12.5. The molecule has 0 bridgehead atoms. The molecule has 1 fully saturated rings. The van der Waals surface area contributed by atoms with Crippen molar-refractivity contribution in [2.24, 2.45) is 0 Å². The molecule has 1 aromatic carbocycles. The fourth-order valence-electron chi connectivity index (χ4n) is 2.56. The van der Waals surface area contributed by atoms with Crippen molar-refractivity contribution >= 4 is 22.9 Å². The molecule has 1 aliphatic rings. The molecule has 0 spiro atoms. The number of amides is 2. The van der Waals surface area contributed by atoms with Gasteiger partial charge in [0.25, 0.3) is 5.89 Å². The molecule has 22 heavy (non-hydrogen) atoms. The number of para-hydroxylation sites is 2. The first-order valence-electron chi connectivity index (χ1n) is 7.13. The van der Waals surface area contributed by atoms with Crippen LogP contribution < -0.4 is 0 Å². The van der Waals surface area contributed by atoms with Gasteiger partial charge in [-0.3, -0.25) is 9.59 Å². The van der Waals surface area contributed by atoms with E-state index in [9.17, 15) is 14.7 Å². The van der Waals surface area contributed by atoms with Crippen LogP contribution in [0.1, 0.15) is 17.6 Å². The van der Waals surface area contributed by atoms with Crippen LogP contribution in [0.3, 0.4) is 0 Å². The first-order valence-corrected chi connectivity index (χ1v) is 7.13. The van der Waals surface area contributed by atoms with E-state index in [1.54, 1.807) is 12.1 Å². The smallest absolute Gasteiger partial charge is 0.309 e. The van der Waals surface area contributed by atoms with E-state index < -0.39 is 6.10 Å². The Balaban J connectivity index is 1.80. The Morgan fingerprint density at radius 3 is 2.64 bits per heavy atom. The fourth-order valence-corrected chi connectivity index (χ4v) is 2.56. The lowest BCUT2D eigenvalue weighted by Gasteiger charge is -2.19.